The van der Waals surface area contributed by atoms with Gasteiger partial charge < -0.3 is 19.7 Å². The summed E-state index contributed by atoms with van der Waals surface area (Å²) < 4.78 is 10.1. The van der Waals surface area contributed by atoms with Crippen LogP contribution in [0.1, 0.15) is 41.3 Å². The van der Waals surface area contributed by atoms with Gasteiger partial charge in [0.2, 0.25) is 0 Å². The Morgan fingerprint density at radius 3 is 2.75 bits per heavy atom. The highest BCUT2D eigenvalue weighted by Crippen LogP contribution is 2.18. The van der Waals surface area contributed by atoms with Crippen LogP contribution in [0.3, 0.4) is 0 Å². The number of hydrogen-bond donors (Lipinski definition) is 1. The second kappa shape index (κ2) is 11.4. The van der Waals surface area contributed by atoms with Crippen molar-refractivity contribution in [2.75, 3.05) is 32.2 Å². The molecular weight excluding hydrogens is 378 g/mol. The fourth-order valence-corrected chi connectivity index (χ4v) is 3.42. The number of rotatable bonds is 10. The van der Waals surface area contributed by atoms with Crippen molar-refractivity contribution in [2.45, 2.75) is 33.2 Å². The third-order valence-electron chi connectivity index (χ3n) is 4.12. The summed E-state index contributed by atoms with van der Waals surface area (Å²) in [7, 11) is 1.32. The van der Waals surface area contributed by atoms with E-state index >= 15 is 0 Å². The lowest BCUT2D eigenvalue weighted by Crippen LogP contribution is -2.36. The Hall–Kier alpha value is -2.45. The minimum atomic E-state index is -0.480. The molecule has 2 rings (SSSR count). The van der Waals surface area contributed by atoms with Crippen LogP contribution in [-0.2, 0) is 22.4 Å². The Morgan fingerprint density at radius 2 is 2.04 bits per heavy atom. The van der Waals surface area contributed by atoms with E-state index in [2.05, 4.69) is 17.2 Å². The smallest absolute Gasteiger partial charge is 0.357 e. The zero-order chi connectivity index (χ0) is 20.4. The third kappa shape index (κ3) is 6.31. The van der Waals surface area contributed by atoms with Crippen LogP contribution < -0.4 is 5.32 Å². The van der Waals surface area contributed by atoms with Crippen molar-refractivity contribution in [1.29, 1.82) is 0 Å². The molecule has 0 radical (unpaired) electrons. The number of carbonyl (C=O) groups is 2. The Bertz CT molecular complexity index is 778. The highest BCUT2D eigenvalue weighted by atomic mass is 32.1. The van der Waals surface area contributed by atoms with E-state index < -0.39 is 5.97 Å². The van der Waals surface area contributed by atoms with Crippen LogP contribution in [0, 0.1) is 0 Å². The molecule has 0 saturated heterocycles. The van der Waals surface area contributed by atoms with Crippen molar-refractivity contribution in [3.63, 3.8) is 0 Å². The number of aromatic nitrogens is 1. The lowest BCUT2D eigenvalue weighted by Gasteiger charge is -2.23. The topological polar surface area (TPSA) is 80.8 Å². The third-order valence-corrected chi connectivity index (χ3v) is 4.95. The summed E-state index contributed by atoms with van der Waals surface area (Å²) in [4.78, 5) is 30.5. The highest BCUT2D eigenvalue weighted by Gasteiger charge is 2.18. The molecule has 2 aromatic rings. The van der Waals surface area contributed by atoms with Gasteiger partial charge in [0.05, 0.1) is 13.7 Å². The first-order chi connectivity index (χ1) is 13.6. The number of aryl methyl sites for hydroxylation is 1. The number of esters is 1. The van der Waals surface area contributed by atoms with Crippen LogP contribution in [-0.4, -0.2) is 48.8 Å². The van der Waals surface area contributed by atoms with Crippen LogP contribution >= 0.6 is 11.3 Å². The van der Waals surface area contributed by atoms with E-state index in [9.17, 15) is 9.59 Å². The SMILES string of the molecule is CCOCCCN(Cc1nc(C(=O)OC)cs1)C(=O)Nc1ccccc1CC. The maximum Gasteiger partial charge on any atom is 0.357 e. The molecule has 0 aliphatic heterocycles. The normalized spacial score (nSPS) is 10.5. The van der Waals surface area contributed by atoms with Crippen molar-refractivity contribution < 1.29 is 19.1 Å². The minimum absolute atomic E-state index is 0.202. The fraction of sp³-hybridized carbons (Fsp3) is 0.450. The van der Waals surface area contributed by atoms with Crippen LogP contribution in [0.25, 0.3) is 0 Å². The van der Waals surface area contributed by atoms with E-state index in [1.807, 2.05) is 31.2 Å². The molecule has 1 heterocycles. The van der Waals surface area contributed by atoms with Gasteiger partial charge in [0.15, 0.2) is 5.69 Å². The standard InChI is InChI=1S/C20H27N3O4S/c1-4-15-9-6-7-10-16(15)22-20(25)23(11-8-12-27-5-2)13-18-21-17(14-28-18)19(24)26-3/h6-7,9-10,14H,4-5,8,11-13H2,1-3H3,(H,22,25). The number of para-hydroxylation sites is 1. The average molecular weight is 406 g/mol. The van der Waals surface area contributed by atoms with Crippen LogP contribution in [0.5, 0.6) is 0 Å². The highest BCUT2D eigenvalue weighted by molar-refractivity contribution is 7.09. The van der Waals surface area contributed by atoms with Crippen LogP contribution in [0.15, 0.2) is 29.6 Å². The summed E-state index contributed by atoms with van der Waals surface area (Å²) in [6.07, 6.45) is 1.54. The molecule has 28 heavy (non-hydrogen) atoms. The molecule has 0 saturated carbocycles. The van der Waals surface area contributed by atoms with Crippen molar-refractivity contribution in [3.05, 3.63) is 45.9 Å². The van der Waals surface area contributed by atoms with E-state index in [1.165, 1.54) is 18.4 Å². The zero-order valence-electron chi connectivity index (χ0n) is 16.6. The van der Waals surface area contributed by atoms with Gasteiger partial charge in [0, 0.05) is 30.8 Å². The number of benzene rings is 1. The van der Waals surface area contributed by atoms with Crippen molar-refractivity contribution in [3.8, 4) is 0 Å². The maximum atomic E-state index is 12.9. The number of anilines is 1. The first-order valence-corrected chi connectivity index (χ1v) is 10.2. The minimum Gasteiger partial charge on any atom is -0.464 e. The first kappa shape index (κ1) is 21.8. The Kier molecular flexibility index (Phi) is 8.90. The summed E-state index contributed by atoms with van der Waals surface area (Å²) in [5, 5.41) is 5.31. The average Bonchev–Trinajstić information content (AvgIpc) is 3.18. The van der Waals surface area contributed by atoms with E-state index in [4.69, 9.17) is 9.47 Å². The van der Waals surface area contributed by atoms with Gasteiger partial charge in [-0.25, -0.2) is 14.6 Å². The molecule has 0 aliphatic rings. The van der Waals surface area contributed by atoms with Crippen molar-refractivity contribution >= 4 is 29.0 Å². The van der Waals surface area contributed by atoms with Crippen molar-refractivity contribution in [1.82, 2.24) is 9.88 Å². The summed E-state index contributed by atoms with van der Waals surface area (Å²) >= 11 is 1.33. The Morgan fingerprint density at radius 1 is 1.25 bits per heavy atom. The molecule has 1 N–H and O–H groups in total. The second-order valence-corrected chi connectivity index (χ2v) is 6.97. The van der Waals surface area contributed by atoms with Gasteiger partial charge in [0.25, 0.3) is 0 Å². The van der Waals surface area contributed by atoms with Gasteiger partial charge in [-0.2, -0.15) is 0 Å². The molecule has 0 unspecified atom stereocenters. The van der Waals surface area contributed by atoms with Gasteiger partial charge in [-0.05, 0) is 31.4 Å². The predicted octanol–water partition coefficient (Wildman–Crippen LogP) is 3.95. The van der Waals surface area contributed by atoms with Gasteiger partial charge in [-0.1, -0.05) is 25.1 Å². The molecule has 0 spiro atoms. The predicted molar refractivity (Wildman–Crippen MR) is 110 cm³/mol. The molecule has 8 heteroatoms. The number of carbonyl (C=O) groups excluding carboxylic acids is 2. The summed E-state index contributed by atoms with van der Waals surface area (Å²) in [5.41, 5.74) is 2.14. The largest absolute Gasteiger partial charge is 0.464 e. The molecule has 0 fully saturated rings. The Balaban J connectivity index is 2.10. The van der Waals surface area contributed by atoms with Gasteiger partial charge in [0.1, 0.15) is 5.01 Å². The molecule has 1 aromatic heterocycles. The fourth-order valence-electron chi connectivity index (χ4n) is 2.64. The molecule has 0 aliphatic carbocycles. The lowest BCUT2D eigenvalue weighted by molar-refractivity contribution is 0.0594. The molecule has 2 amide bonds. The van der Waals surface area contributed by atoms with Gasteiger partial charge in [-0.3, -0.25) is 0 Å². The number of urea groups is 1. The van der Waals surface area contributed by atoms with Crippen molar-refractivity contribution in [2.24, 2.45) is 0 Å². The van der Waals surface area contributed by atoms with Gasteiger partial charge >= 0.3 is 12.0 Å². The summed E-state index contributed by atoms with van der Waals surface area (Å²) in [6.45, 7) is 6.05. The summed E-state index contributed by atoms with van der Waals surface area (Å²) in [5.74, 6) is -0.480. The quantitative estimate of drug-likeness (QED) is 0.478. The van der Waals surface area contributed by atoms with E-state index in [0.717, 1.165) is 17.7 Å². The van der Waals surface area contributed by atoms with E-state index in [0.29, 0.717) is 37.7 Å². The number of amides is 2. The number of methoxy groups -OCH3 is 1. The van der Waals surface area contributed by atoms with Crippen LogP contribution in [0.2, 0.25) is 0 Å². The zero-order valence-corrected chi connectivity index (χ0v) is 17.4. The lowest BCUT2D eigenvalue weighted by atomic mass is 10.1. The monoisotopic (exact) mass is 405 g/mol. The maximum absolute atomic E-state index is 12.9. The molecular formula is C20H27N3O4S. The molecule has 0 bridgehead atoms. The number of ether oxygens (including phenoxy) is 2. The van der Waals surface area contributed by atoms with E-state index in [1.54, 1.807) is 10.3 Å². The molecule has 0 atom stereocenters. The number of nitrogens with zero attached hydrogens (tertiary/aromatic N) is 2. The molecule has 7 nitrogen and oxygen atoms in total. The second-order valence-electron chi connectivity index (χ2n) is 6.03. The first-order valence-electron chi connectivity index (χ1n) is 9.33. The molecule has 1 aromatic carbocycles. The van der Waals surface area contributed by atoms with Gasteiger partial charge in [-0.15, -0.1) is 11.3 Å². The van der Waals surface area contributed by atoms with E-state index in [-0.39, 0.29) is 11.7 Å². The molecule has 152 valence electrons. The number of nitrogens with one attached hydrogen (secondary N) is 1. The summed E-state index contributed by atoms with van der Waals surface area (Å²) in [6, 6.07) is 7.55. The van der Waals surface area contributed by atoms with Crippen LogP contribution in [0.4, 0.5) is 10.5 Å². The number of hydrogen-bond acceptors (Lipinski definition) is 6. The Labute approximate surface area is 169 Å². The number of thiazole rings is 1.